The van der Waals surface area contributed by atoms with Crippen LogP contribution >= 0.6 is 0 Å². The summed E-state index contributed by atoms with van der Waals surface area (Å²) in [5.74, 6) is -0.0149. The fraction of sp³-hybridized carbons (Fsp3) is 0.188. The predicted molar refractivity (Wildman–Crippen MR) is 74.6 cm³/mol. The van der Waals surface area contributed by atoms with E-state index in [4.69, 9.17) is 14.7 Å². The van der Waals surface area contributed by atoms with Gasteiger partial charge < -0.3 is 14.6 Å². The second-order valence-corrected chi connectivity index (χ2v) is 4.36. The van der Waals surface area contributed by atoms with Gasteiger partial charge in [-0.05, 0) is 35.9 Å². The molecule has 0 saturated carbocycles. The molecule has 1 atom stereocenters. The molecule has 0 fully saturated rings. The van der Waals surface area contributed by atoms with Crippen LogP contribution in [0.3, 0.4) is 0 Å². The number of methoxy groups -OCH3 is 1. The summed E-state index contributed by atoms with van der Waals surface area (Å²) in [6, 6.07) is 12.7. The molecule has 0 aliphatic carbocycles. The predicted octanol–water partition coefficient (Wildman–Crippen LogP) is 2.82. The summed E-state index contributed by atoms with van der Waals surface area (Å²) in [5.41, 5.74) is 0.830. The van der Waals surface area contributed by atoms with Gasteiger partial charge in [-0.1, -0.05) is 12.1 Å². The lowest BCUT2D eigenvalue weighted by molar-refractivity contribution is 0.105. The normalized spacial score (nSPS) is 11.5. The second kappa shape index (κ2) is 6.73. The maximum atomic E-state index is 13.6. The quantitative estimate of drug-likeness (QED) is 0.918. The van der Waals surface area contributed by atoms with E-state index in [1.54, 1.807) is 24.3 Å². The Morgan fingerprint density at radius 2 is 2.10 bits per heavy atom. The van der Waals surface area contributed by atoms with E-state index < -0.39 is 11.9 Å². The molecule has 1 N–H and O–H groups in total. The highest BCUT2D eigenvalue weighted by atomic mass is 19.1. The van der Waals surface area contributed by atoms with E-state index in [9.17, 15) is 9.50 Å². The number of ether oxygens (including phenoxy) is 2. The lowest BCUT2D eigenvalue weighted by Gasteiger charge is -2.14. The van der Waals surface area contributed by atoms with E-state index in [0.29, 0.717) is 11.3 Å². The van der Waals surface area contributed by atoms with Crippen molar-refractivity contribution in [3.8, 4) is 17.6 Å². The Hall–Kier alpha value is -2.58. The summed E-state index contributed by atoms with van der Waals surface area (Å²) < 4.78 is 24.0. The molecule has 108 valence electrons. The van der Waals surface area contributed by atoms with Crippen LogP contribution in [0.15, 0.2) is 42.5 Å². The van der Waals surface area contributed by atoms with Crippen LogP contribution in [-0.2, 0) is 0 Å². The first-order valence-corrected chi connectivity index (χ1v) is 6.28. The molecule has 0 heterocycles. The molecule has 2 aromatic carbocycles. The van der Waals surface area contributed by atoms with Gasteiger partial charge in [0, 0.05) is 0 Å². The van der Waals surface area contributed by atoms with Crippen LogP contribution in [0.5, 0.6) is 11.5 Å². The van der Waals surface area contributed by atoms with Crippen molar-refractivity contribution in [2.24, 2.45) is 0 Å². The minimum absolute atomic E-state index is 0.00375. The number of aliphatic hydroxyl groups is 1. The van der Waals surface area contributed by atoms with Crippen LogP contribution in [0.25, 0.3) is 0 Å². The highest BCUT2D eigenvalue weighted by Crippen LogP contribution is 2.22. The van der Waals surface area contributed by atoms with Crippen LogP contribution < -0.4 is 9.47 Å². The SMILES string of the molecule is COc1cccc([C@H](O)COc2ccc(C#N)cc2F)c1. The summed E-state index contributed by atoms with van der Waals surface area (Å²) in [5, 5.41) is 18.7. The van der Waals surface area contributed by atoms with Gasteiger partial charge in [-0.15, -0.1) is 0 Å². The first-order chi connectivity index (χ1) is 10.1. The number of nitriles is 1. The smallest absolute Gasteiger partial charge is 0.166 e. The van der Waals surface area contributed by atoms with E-state index in [1.807, 2.05) is 6.07 Å². The average Bonchev–Trinajstić information content (AvgIpc) is 2.53. The molecular formula is C16H14FNO3. The van der Waals surface area contributed by atoms with Crippen molar-refractivity contribution in [3.63, 3.8) is 0 Å². The third kappa shape index (κ3) is 3.71. The van der Waals surface area contributed by atoms with Gasteiger partial charge in [-0.3, -0.25) is 0 Å². The zero-order chi connectivity index (χ0) is 15.2. The molecule has 0 aliphatic rings. The highest BCUT2D eigenvalue weighted by Gasteiger charge is 2.11. The van der Waals surface area contributed by atoms with Gasteiger partial charge >= 0.3 is 0 Å². The van der Waals surface area contributed by atoms with Gasteiger partial charge in [0.2, 0.25) is 0 Å². The molecule has 21 heavy (non-hydrogen) atoms. The van der Waals surface area contributed by atoms with Crippen LogP contribution in [-0.4, -0.2) is 18.8 Å². The molecule has 0 saturated heterocycles. The number of hydrogen-bond donors (Lipinski definition) is 1. The monoisotopic (exact) mass is 287 g/mol. The van der Waals surface area contributed by atoms with Gasteiger partial charge in [-0.2, -0.15) is 5.26 Å². The Morgan fingerprint density at radius 3 is 2.76 bits per heavy atom. The molecule has 0 unspecified atom stereocenters. The molecule has 0 amide bonds. The Bertz CT molecular complexity index is 667. The van der Waals surface area contributed by atoms with E-state index in [2.05, 4.69) is 0 Å². The van der Waals surface area contributed by atoms with Crippen molar-refractivity contribution < 1.29 is 19.0 Å². The molecule has 2 aromatic rings. The first kappa shape index (κ1) is 14.8. The highest BCUT2D eigenvalue weighted by molar-refractivity contribution is 5.36. The van der Waals surface area contributed by atoms with Gasteiger partial charge in [0.1, 0.15) is 18.5 Å². The molecule has 0 radical (unpaired) electrons. The zero-order valence-corrected chi connectivity index (χ0v) is 11.4. The summed E-state index contributed by atoms with van der Waals surface area (Å²) in [4.78, 5) is 0. The minimum atomic E-state index is -0.907. The molecule has 2 rings (SSSR count). The third-order valence-corrected chi connectivity index (χ3v) is 2.94. The fourth-order valence-electron chi connectivity index (χ4n) is 1.80. The van der Waals surface area contributed by atoms with E-state index in [1.165, 1.54) is 19.2 Å². The molecule has 4 nitrogen and oxygen atoms in total. The van der Waals surface area contributed by atoms with Crippen LogP contribution in [0.1, 0.15) is 17.2 Å². The van der Waals surface area contributed by atoms with Gasteiger partial charge in [0.25, 0.3) is 0 Å². The van der Waals surface area contributed by atoms with Crippen LogP contribution in [0.2, 0.25) is 0 Å². The topological polar surface area (TPSA) is 62.5 Å². The second-order valence-electron chi connectivity index (χ2n) is 4.36. The third-order valence-electron chi connectivity index (χ3n) is 2.94. The Kier molecular flexibility index (Phi) is 4.75. The van der Waals surface area contributed by atoms with Crippen LogP contribution in [0.4, 0.5) is 4.39 Å². The number of halogens is 1. The molecule has 5 heteroatoms. The Morgan fingerprint density at radius 1 is 1.29 bits per heavy atom. The summed E-state index contributed by atoms with van der Waals surface area (Å²) >= 11 is 0. The van der Waals surface area contributed by atoms with E-state index in [0.717, 1.165) is 6.07 Å². The lowest BCUT2D eigenvalue weighted by atomic mass is 10.1. The number of benzene rings is 2. The van der Waals surface area contributed by atoms with Crippen molar-refractivity contribution in [1.82, 2.24) is 0 Å². The molecule has 0 spiro atoms. The van der Waals surface area contributed by atoms with Crippen molar-refractivity contribution >= 4 is 0 Å². The first-order valence-electron chi connectivity index (χ1n) is 6.28. The number of hydrogen-bond acceptors (Lipinski definition) is 4. The van der Waals surface area contributed by atoms with Crippen molar-refractivity contribution in [1.29, 1.82) is 5.26 Å². The Balaban J connectivity index is 2.04. The van der Waals surface area contributed by atoms with Crippen LogP contribution in [0, 0.1) is 17.1 Å². The van der Waals surface area contributed by atoms with Crippen molar-refractivity contribution in [2.45, 2.75) is 6.10 Å². The average molecular weight is 287 g/mol. The largest absolute Gasteiger partial charge is 0.497 e. The van der Waals surface area contributed by atoms with Gasteiger partial charge in [-0.25, -0.2) is 4.39 Å². The van der Waals surface area contributed by atoms with E-state index >= 15 is 0 Å². The number of aliphatic hydroxyl groups excluding tert-OH is 1. The standard InChI is InChI=1S/C16H14FNO3/c1-20-13-4-2-3-12(8-13)15(19)10-21-16-6-5-11(9-18)7-14(16)17/h2-8,15,19H,10H2,1H3/t15-/m1/s1. The summed E-state index contributed by atoms with van der Waals surface area (Å²) in [7, 11) is 1.54. The molecule has 0 aromatic heterocycles. The maximum Gasteiger partial charge on any atom is 0.166 e. The molecular weight excluding hydrogens is 273 g/mol. The zero-order valence-electron chi connectivity index (χ0n) is 11.4. The van der Waals surface area contributed by atoms with Gasteiger partial charge in [0.05, 0.1) is 18.7 Å². The Labute approximate surface area is 122 Å². The van der Waals surface area contributed by atoms with E-state index in [-0.39, 0.29) is 17.9 Å². The minimum Gasteiger partial charge on any atom is -0.497 e. The molecule has 0 aliphatic heterocycles. The van der Waals surface area contributed by atoms with Crippen molar-refractivity contribution in [3.05, 3.63) is 59.4 Å². The maximum absolute atomic E-state index is 13.6. The lowest BCUT2D eigenvalue weighted by Crippen LogP contribution is -2.10. The summed E-state index contributed by atoms with van der Waals surface area (Å²) in [6.45, 7) is -0.101. The van der Waals surface area contributed by atoms with Crippen molar-refractivity contribution in [2.75, 3.05) is 13.7 Å². The van der Waals surface area contributed by atoms with Gasteiger partial charge in [0.15, 0.2) is 11.6 Å². The summed E-state index contributed by atoms with van der Waals surface area (Å²) in [6.07, 6.45) is -0.907. The number of rotatable bonds is 5. The molecule has 0 bridgehead atoms. The fourth-order valence-corrected chi connectivity index (χ4v) is 1.80. The number of nitrogens with zero attached hydrogens (tertiary/aromatic N) is 1.